The molecule has 1 aliphatic rings. The summed E-state index contributed by atoms with van der Waals surface area (Å²) in [4.78, 5) is 20.8. The van der Waals surface area contributed by atoms with Crippen LogP contribution in [0.4, 0.5) is 9.52 Å². The van der Waals surface area contributed by atoms with E-state index in [0.29, 0.717) is 37.0 Å². The van der Waals surface area contributed by atoms with Gasteiger partial charge in [0.2, 0.25) is 15.9 Å². The molecule has 0 aliphatic carbocycles. The number of carbonyl (C=O) groups excluding carboxylic acids is 1. The maximum absolute atomic E-state index is 14.0. The largest absolute Gasteiger partial charge is 0.286 e. The number of hydrogen-bond acceptors (Lipinski definition) is 6. The lowest BCUT2D eigenvalue weighted by molar-refractivity contribution is -0.123. The summed E-state index contributed by atoms with van der Waals surface area (Å²) in [5.41, 5.74) is 4.01. The number of amides is 1. The van der Waals surface area contributed by atoms with Crippen LogP contribution in [0.2, 0.25) is 0 Å². The van der Waals surface area contributed by atoms with Crippen LogP contribution in [0.25, 0.3) is 10.2 Å². The molecule has 4 aromatic rings. The summed E-state index contributed by atoms with van der Waals surface area (Å²) < 4.78 is 43.9. The Morgan fingerprint density at radius 3 is 2.45 bits per heavy atom. The molecule has 3 heterocycles. The molecule has 0 N–H and O–H groups in total. The normalized spacial score (nSPS) is 15.2. The van der Waals surface area contributed by atoms with Crippen molar-refractivity contribution in [3.8, 4) is 0 Å². The Morgan fingerprint density at radius 1 is 1.12 bits per heavy atom. The zero-order chi connectivity index (χ0) is 28.6. The number of halogens is 1. The van der Waals surface area contributed by atoms with Crippen molar-refractivity contribution in [3.63, 3.8) is 0 Å². The molecule has 0 saturated carbocycles. The first-order valence-electron chi connectivity index (χ1n) is 13.5. The molecule has 2 aromatic heterocycles. The highest BCUT2D eigenvalue weighted by atomic mass is 32.2. The molecule has 1 saturated heterocycles. The fourth-order valence-corrected chi connectivity index (χ4v) is 7.76. The van der Waals surface area contributed by atoms with Gasteiger partial charge in [-0.25, -0.2) is 17.8 Å². The van der Waals surface area contributed by atoms with Gasteiger partial charge < -0.3 is 0 Å². The summed E-state index contributed by atoms with van der Waals surface area (Å²) in [5, 5.41) is 5.21. The summed E-state index contributed by atoms with van der Waals surface area (Å²) in [6.07, 6.45) is 0.801. The van der Waals surface area contributed by atoms with Crippen molar-refractivity contribution in [2.24, 2.45) is 5.92 Å². The average Bonchev–Trinajstić information content (AvgIpc) is 3.50. The summed E-state index contributed by atoms with van der Waals surface area (Å²) in [6.45, 7) is 9.58. The first-order chi connectivity index (χ1) is 19.0. The van der Waals surface area contributed by atoms with Crippen molar-refractivity contribution in [1.82, 2.24) is 19.1 Å². The molecule has 0 radical (unpaired) electrons. The number of piperidine rings is 1. The van der Waals surface area contributed by atoms with Crippen molar-refractivity contribution in [3.05, 3.63) is 71.3 Å². The third-order valence-electron chi connectivity index (χ3n) is 7.45. The second-order valence-electron chi connectivity index (χ2n) is 10.6. The van der Waals surface area contributed by atoms with Crippen molar-refractivity contribution in [2.75, 3.05) is 24.5 Å². The Labute approximate surface area is 238 Å². The number of rotatable bonds is 8. The number of fused-ring (bicyclic) bond motifs is 1. The summed E-state index contributed by atoms with van der Waals surface area (Å²) in [5.74, 6) is -0.578. The van der Waals surface area contributed by atoms with E-state index in [1.165, 1.54) is 27.8 Å². The second-order valence-corrected chi connectivity index (χ2v) is 13.6. The number of aromatic nitrogens is 3. The van der Waals surface area contributed by atoms with Crippen LogP contribution in [0.15, 0.2) is 53.4 Å². The van der Waals surface area contributed by atoms with Crippen LogP contribution in [0.3, 0.4) is 0 Å². The maximum Gasteiger partial charge on any atom is 0.243 e. The van der Waals surface area contributed by atoms with Gasteiger partial charge in [-0.3, -0.25) is 14.4 Å². The van der Waals surface area contributed by atoms with Crippen LogP contribution in [-0.4, -0.2) is 53.0 Å². The molecule has 0 bridgehead atoms. The van der Waals surface area contributed by atoms with Gasteiger partial charge in [-0.1, -0.05) is 37.3 Å². The number of carbonyl (C=O) groups is 1. The maximum atomic E-state index is 14.0. The summed E-state index contributed by atoms with van der Waals surface area (Å²) in [6, 6.07) is 13.0. The summed E-state index contributed by atoms with van der Waals surface area (Å²) >= 11 is 1.50. The van der Waals surface area contributed by atoms with E-state index in [4.69, 9.17) is 4.98 Å². The third kappa shape index (κ3) is 5.68. The van der Waals surface area contributed by atoms with Gasteiger partial charge in [0, 0.05) is 31.2 Å². The molecular weight excluding hydrogens is 549 g/mol. The zero-order valence-electron chi connectivity index (χ0n) is 23.2. The Balaban J connectivity index is 1.38. The topological polar surface area (TPSA) is 88.4 Å². The molecule has 40 heavy (non-hydrogen) atoms. The molecule has 0 spiro atoms. The Bertz CT molecular complexity index is 1620. The molecule has 11 heteroatoms. The van der Waals surface area contributed by atoms with Crippen LogP contribution in [0.5, 0.6) is 0 Å². The van der Waals surface area contributed by atoms with Crippen LogP contribution in [0.1, 0.15) is 49.6 Å². The molecule has 1 aliphatic heterocycles. The van der Waals surface area contributed by atoms with Crippen molar-refractivity contribution >= 4 is 42.6 Å². The van der Waals surface area contributed by atoms with Gasteiger partial charge in [-0.2, -0.15) is 9.40 Å². The van der Waals surface area contributed by atoms with E-state index in [1.54, 1.807) is 4.90 Å². The van der Waals surface area contributed by atoms with Crippen LogP contribution < -0.4 is 4.90 Å². The van der Waals surface area contributed by atoms with E-state index in [9.17, 15) is 17.6 Å². The summed E-state index contributed by atoms with van der Waals surface area (Å²) in [7, 11) is -3.76. The van der Waals surface area contributed by atoms with Gasteiger partial charge >= 0.3 is 0 Å². The monoisotopic (exact) mass is 583 g/mol. The zero-order valence-corrected chi connectivity index (χ0v) is 24.8. The lowest BCUT2D eigenvalue weighted by Crippen LogP contribution is -2.45. The SMILES string of the molecule is Cc1cc(C)n(CCN(C(=O)C2CCN(S(=O)(=O)c3ccc(F)cc3)CC2)c2nc3c(C(C)C)cccc3s2)n1. The van der Waals surface area contributed by atoms with Gasteiger partial charge in [0.05, 0.1) is 27.4 Å². The quantitative estimate of drug-likeness (QED) is 0.273. The van der Waals surface area contributed by atoms with E-state index < -0.39 is 15.8 Å². The van der Waals surface area contributed by atoms with Gasteiger partial charge in [-0.05, 0) is 74.6 Å². The smallest absolute Gasteiger partial charge is 0.243 e. The average molecular weight is 584 g/mol. The fourth-order valence-electron chi connectivity index (χ4n) is 5.25. The molecular formula is C29H34FN5O3S2. The second kappa shape index (κ2) is 11.4. The number of sulfonamides is 1. The molecule has 0 atom stereocenters. The Kier molecular flexibility index (Phi) is 8.08. The highest BCUT2D eigenvalue weighted by molar-refractivity contribution is 7.89. The molecule has 0 unspecified atom stereocenters. The number of hydrogen-bond donors (Lipinski definition) is 0. The first-order valence-corrected chi connectivity index (χ1v) is 15.8. The minimum Gasteiger partial charge on any atom is -0.286 e. The number of nitrogens with zero attached hydrogens (tertiary/aromatic N) is 5. The number of benzene rings is 2. The van der Waals surface area contributed by atoms with Crippen molar-refractivity contribution in [1.29, 1.82) is 0 Å². The number of aryl methyl sites for hydroxylation is 2. The van der Waals surface area contributed by atoms with Gasteiger partial charge in [0.1, 0.15) is 5.82 Å². The van der Waals surface area contributed by atoms with Crippen LogP contribution >= 0.6 is 11.3 Å². The third-order valence-corrected chi connectivity index (χ3v) is 10.4. The first kappa shape index (κ1) is 28.4. The highest BCUT2D eigenvalue weighted by Gasteiger charge is 2.35. The Morgan fingerprint density at radius 2 is 1.82 bits per heavy atom. The van der Waals surface area contributed by atoms with E-state index in [0.717, 1.165) is 39.3 Å². The van der Waals surface area contributed by atoms with Crippen LogP contribution in [-0.2, 0) is 21.4 Å². The van der Waals surface area contributed by atoms with Crippen LogP contribution in [0, 0.1) is 25.6 Å². The standard InChI is InChI=1S/C29H34FN5O3S2/c1-19(2)25-6-5-7-26-27(25)31-29(39-26)34(16-17-35-21(4)18-20(3)32-35)28(36)22-12-14-33(15-13-22)40(37,38)24-10-8-23(30)9-11-24/h5-11,18-19,22H,12-17H2,1-4H3. The number of anilines is 1. The van der Waals surface area contributed by atoms with Gasteiger partial charge in [-0.15, -0.1) is 0 Å². The van der Waals surface area contributed by atoms with E-state index in [-0.39, 0.29) is 29.8 Å². The minimum absolute atomic E-state index is 0.0504. The molecule has 1 fully saturated rings. The molecule has 1 amide bonds. The van der Waals surface area contributed by atoms with E-state index in [1.807, 2.05) is 36.7 Å². The molecule has 5 rings (SSSR count). The fraction of sp³-hybridized carbons (Fsp3) is 0.414. The van der Waals surface area contributed by atoms with Gasteiger partial charge in [0.15, 0.2) is 5.13 Å². The van der Waals surface area contributed by atoms with Crippen molar-refractivity contribution < 1.29 is 17.6 Å². The predicted molar refractivity (Wildman–Crippen MR) is 156 cm³/mol. The van der Waals surface area contributed by atoms with E-state index >= 15 is 0 Å². The number of para-hydroxylation sites is 1. The molecule has 212 valence electrons. The molecule has 8 nitrogen and oxygen atoms in total. The van der Waals surface area contributed by atoms with E-state index in [2.05, 4.69) is 25.0 Å². The van der Waals surface area contributed by atoms with Crippen molar-refractivity contribution in [2.45, 2.75) is 57.9 Å². The Hall–Kier alpha value is -3.15. The highest BCUT2D eigenvalue weighted by Crippen LogP contribution is 2.35. The van der Waals surface area contributed by atoms with Gasteiger partial charge in [0.25, 0.3) is 0 Å². The minimum atomic E-state index is -3.76. The molecule has 2 aromatic carbocycles. The number of thiazole rings is 1. The predicted octanol–water partition coefficient (Wildman–Crippen LogP) is 5.51. The lowest BCUT2D eigenvalue weighted by Gasteiger charge is -2.33. The lowest BCUT2D eigenvalue weighted by atomic mass is 9.96.